The Balaban J connectivity index is 2.36. The van der Waals surface area contributed by atoms with Crippen LogP contribution in [-0.2, 0) is 4.74 Å². The molecular weight excluding hydrogens is 220 g/mol. The molecule has 0 spiro atoms. The maximum atomic E-state index is 6.13. The van der Waals surface area contributed by atoms with Gasteiger partial charge in [0.25, 0.3) is 0 Å². The molecule has 0 saturated carbocycles. The summed E-state index contributed by atoms with van der Waals surface area (Å²) in [7, 11) is 0. The molecule has 0 heterocycles. The van der Waals surface area contributed by atoms with E-state index >= 15 is 0 Å². The third kappa shape index (κ3) is 3.44. The van der Waals surface area contributed by atoms with E-state index in [1.165, 1.54) is 0 Å². The Morgan fingerprint density at radius 1 is 0.722 bits per heavy atom. The topological polar surface area (TPSA) is 9.23 Å². The maximum absolute atomic E-state index is 6.13. The van der Waals surface area contributed by atoms with E-state index in [9.17, 15) is 0 Å². The first-order valence-corrected chi connectivity index (χ1v) is 6.23. The second-order valence-electron chi connectivity index (χ2n) is 5.28. The molecule has 0 fully saturated rings. The number of benzene rings is 2. The third-order valence-corrected chi connectivity index (χ3v) is 2.48. The summed E-state index contributed by atoms with van der Waals surface area (Å²) in [6.45, 7) is 6.20. The molecule has 2 rings (SSSR count). The molecule has 0 N–H and O–H groups in total. The van der Waals surface area contributed by atoms with Crippen molar-refractivity contribution in [2.75, 3.05) is 0 Å². The van der Waals surface area contributed by atoms with Gasteiger partial charge in [-0.2, -0.15) is 0 Å². The van der Waals surface area contributed by atoms with E-state index in [1.807, 2.05) is 36.4 Å². The van der Waals surface area contributed by atoms with Crippen LogP contribution in [0, 0.1) is 6.10 Å². The van der Waals surface area contributed by atoms with Gasteiger partial charge in [-0.25, -0.2) is 0 Å². The van der Waals surface area contributed by atoms with Crippen LogP contribution in [0.1, 0.15) is 31.9 Å². The molecule has 0 saturated heterocycles. The minimum absolute atomic E-state index is 0.207. The van der Waals surface area contributed by atoms with Crippen molar-refractivity contribution in [2.24, 2.45) is 0 Å². The highest BCUT2D eigenvalue weighted by atomic mass is 16.5. The normalized spacial score (nSPS) is 11.8. The molecule has 0 unspecified atom stereocenters. The largest absolute Gasteiger partial charge is 0.356 e. The van der Waals surface area contributed by atoms with Crippen LogP contribution < -0.4 is 0 Å². The molecule has 0 bridgehead atoms. The molecule has 0 atom stereocenters. The van der Waals surface area contributed by atoms with E-state index in [4.69, 9.17) is 4.74 Å². The Labute approximate surface area is 109 Å². The summed E-state index contributed by atoms with van der Waals surface area (Å²) in [5.41, 5.74) is 2.01. The Morgan fingerprint density at radius 3 is 1.44 bits per heavy atom. The van der Waals surface area contributed by atoms with Crippen molar-refractivity contribution in [2.45, 2.75) is 26.4 Å². The van der Waals surface area contributed by atoms with Crippen molar-refractivity contribution < 1.29 is 4.74 Å². The lowest BCUT2D eigenvalue weighted by Crippen LogP contribution is -2.23. The Hall–Kier alpha value is -1.60. The van der Waals surface area contributed by atoms with E-state index in [-0.39, 0.29) is 5.60 Å². The molecule has 0 aliphatic rings. The van der Waals surface area contributed by atoms with Gasteiger partial charge < -0.3 is 4.74 Å². The van der Waals surface area contributed by atoms with Crippen molar-refractivity contribution in [3.8, 4) is 0 Å². The van der Waals surface area contributed by atoms with Gasteiger partial charge in [-0.15, -0.1) is 0 Å². The van der Waals surface area contributed by atoms with Gasteiger partial charge in [0.1, 0.15) is 0 Å². The number of hydrogen-bond acceptors (Lipinski definition) is 1. The molecular formula is C17H19O. The lowest BCUT2D eigenvalue weighted by molar-refractivity contribution is 0.0269. The van der Waals surface area contributed by atoms with Gasteiger partial charge in [-0.3, -0.25) is 0 Å². The summed E-state index contributed by atoms with van der Waals surface area (Å²) in [5.74, 6) is 0. The highest BCUT2D eigenvalue weighted by Gasteiger charge is 2.22. The van der Waals surface area contributed by atoms with Crippen molar-refractivity contribution in [3.05, 3.63) is 77.9 Å². The Morgan fingerprint density at radius 2 is 1.11 bits per heavy atom. The fourth-order valence-electron chi connectivity index (χ4n) is 1.77. The van der Waals surface area contributed by atoms with E-state index in [1.54, 1.807) is 0 Å². The lowest BCUT2D eigenvalue weighted by atomic mass is 10.0. The zero-order chi connectivity index (χ0) is 13.0. The SMILES string of the molecule is CC(C)(C)O[C](c1ccccc1)c1ccccc1. The summed E-state index contributed by atoms with van der Waals surface area (Å²) in [6, 6.07) is 20.5. The van der Waals surface area contributed by atoms with E-state index < -0.39 is 0 Å². The molecule has 0 aliphatic heterocycles. The third-order valence-electron chi connectivity index (χ3n) is 2.48. The van der Waals surface area contributed by atoms with Crippen molar-refractivity contribution >= 4 is 0 Å². The molecule has 93 valence electrons. The second kappa shape index (κ2) is 5.36. The quantitative estimate of drug-likeness (QED) is 0.770. The molecule has 18 heavy (non-hydrogen) atoms. The Bertz CT molecular complexity index is 428. The number of hydrogen-bond donors (Lipinski definition) is 0. The van der Waals surface area contributed by atoms with E-state index in [2.05, 4.69) is 45.0 Å². The van der Waals surface area contributed by atoms with Gasteiger partial charge in [0.2, 0.25) is 0 Å². The minimum Gasteiger partial charge on any atom is -0.356 e. The van der Waals surface area contributed by atoms with Gasteiger partial charge in [0, 0.05) is 0 Å². The monoisotopic (exact) mass is 239 g/mol. The molecule has 0 amide bonds. The molecule has 2 aromatic carbocycles. The maximum Gasteiger partial charge on any atom is 0.156 e. The van der Waals surface area contributed by atoms with Crippen LogP contribution in [0.25, 0.3) is 0 Å². The first-order chi connectivity index (χ1) is 8.56. The molecule has 0 aliphatic carbocycles. The number of ether oxygens (including phenoxy) is 1. The minimum atomic E-state index is -0.207. The average Bonchev–Trinajstić information content (AvgIpc) is 2.37. The summed E-state index contributed by atoms with van der Waals surface area (Å²) in [5, 5.41) is 0. The highest BCUT2D eigenvalue weighted by Crippen LogP contribution is 2.29. The van der Waals surface area contributed by atoms with Crippen LogP contribution in [0.5, 0.6) is 0 Å². The van der Waals surface area contributed by atoms with Crippen LogP contribution in [0.15, 0.2) is 60.7 Å². The van der Waals surface area contributed by atoms with Crippen LogP contribution in [-0.4, -0.2) is 5.60 Å². The highest BCUT2D eigenvalue weighted by molar-refractivity contribution is 5.42. The van der Waals surface area contributed by atoms with Gasteiger partial charge in [-0.05, 0) is 31.9 Å². The standard InChI is InChI=1S/C17H19O/c1-17(2,3)18-16(14-10-6-4-7-11-14)15-12-8-5-9-13-15/h4-13H,1-3H3. The molecule has 1 heteroatoms. The van der Waals surface area contributed by atoms with Crippen LogP contribution in [0.4, 0.5) is 0 Å². The molecule has 2 aromatic rings. The van der Waals surface area contributed by atoms with Gasteiger partial charge >= 0.3 is 0 Å². The average molecular weight is 239 g/mol. The van der Waals surface area contributed by atoms with E-state index in [0.717, 1.165) is 17.2 Å². The fourth-order valence-corrected chi connectivity index (χ4v) is 1.77. The van der Waals surface area contributed by atoms with Crippen LogP contribution in [0.2, 0.25) is 0 Å². The van der Waals surface area contributed by atoms with Crippen molar-refractivity contribution in [3.63, 3.8) is 0 Å². The fraction of sp³-hybridized carbons (Fsp3) is 0.235. The van der Waals surface area contributed by atoms with Gasteiger partial charge in [0.05, 0.1) is 5.60 Å². The zero-order valence-corrected chi connectivity index (χ0v) is 11.2. The van der Waals surface area contributed by atoms with Crippen LogP contribution in [0.3, 0.4) is 0 Å². The van der Waals surface area contributed by atoms with Crippen molar-refractivity contribution in [1.29, 1.82) is 0 Å². The van der Waals surface area contributed by atoms with Crippen molar-refractivity contribution in [1.82, 2.24) is 0 Å². The predicted octanol–water partition coefficient (Wildman–Crippen LogP) is 4.43. The van der Waals surface area contributed by atoms with E-state index in [0.29, 0.717) is 0 Å². The number of rotatable bonds is 3. The summed E-state index contributed by atoms with van der Waals surface area (Å²) in [4.78, 5) is 0. The first-order valence-electron chi connectivity index (χ1n) is 6.23. The summed E-state index contributed by atoms with van der Waals surface area (Å²) >= 11 is 0. The summed E-state index contributed by atoms with van der Waals surface area (Å²) < 4.78 is 6.13. The second-order valence-corrected chi connectivity index (χ2v) is 5.28. The lowest BCUT2D eigenvalue weighted by Gasteiger charge is -2.27. The van der Waals surface area contributed by atoms with Crippen LogP contribution >= 0.6 is 0 Å². The Kier molecular flexibility index (Phi) is 3.83. The molecule has 1 nitrogen and oxygen atoms in total. The molecule has 0 aromatic heterocycles. The molecule has 1 radical (unpaired) electrons. The summed E-state index contributed by atoms with van der Waals surface area (Å²) in [6.07, 6.45) is 0.934. The zero-order valence-electron chi connectivity index (χ0n) is 11.2. The smallest absolute Gasteiger partial charge is 0.156 e. The predicted molar refractivity (Wildman–Crippen MR) is 75.2 cm³/mol. The first kappa shape index (κ1) is 12.8. The van der Waals surface area contributed by atoms with Gasteiger partial charge in [0.15, 0.2) is 6.10 Å². The van der Waals surface area contributed by atoms with Gasteiger partial charge in [-0.1, -0.05) is 60.7 Å².